The molecule has 6 heteroatoms. The molecule has 1 saturated heterocycles. The Bertz CT molecular complexity index is 664. The smallest absolute Gasteiger partial charge is 0.276 e. The van der Waals surface area contributed by atoms with Crippen LogP contribution < -0.4 is 5.14 Å². The zero-order valence-corrected chi connectivity index (χ0v) is 14.2. The SMILES string of the molecule is Cc1ccc(C)c2c1CCC[C@@H]2N1CCN(S(N)(=O)=O)CC1. The molecule has 5 nitrogen and oxygen atoms in total. The molecule has 1 atom stereocenters. The summed E-state index contributed by atoms with van der Waals surface area (Å²) in [5.41, 5.74) is 5.73. The lowest BCUT2D eigenvalue weighted by atomic mass is 9.81. The van der Waals surface area contributed by atoms with Crippen molar-refractivity contribution in [3.05, 3.63) is 34.4 Å². The maximum Gasteiger partial charge on any atom is 0.276 e. The highest BCUT2D eigenvalue weighted by atomic mass is 32.2. The molecule has 3 rings (SSSR count). The van der Waals surface area contributed by atoms with Gasteiger partial charge < -0.3 is 0 Å². The fraction of sp³-hybridized carbons (Fsp3) is 0.625. The van der Waals surface area contributed by atoms with Crippen LogP contribution in [0.25, 0.3) is 0 Å². The van der Waals surface area contributed by atoms with Gasteiger partial charge in [-0.2, -0.15) is 12.7 Å². The van der Waals surface area contributed by atoms with Crippen LogP contribution in [-0.4, -0.2) is 43.8 Å². The predicted octanol–water partition coefficient (Wildman–Crippen LogP) is 1.50. The molecule has 1 fully saturated rings. The Morgan fingerprint density at radius 2 is 1.73 bits per heavy atom. The van der Waals surface area contributed by atoms with Gasteiger partial charge in [-0.05, 0) is 55.4 Å². The Labute approximate surface area is 133 Å². The molecule has 1 aliphatic carbocycles. The lowest BCUT2D eigenvalue weighted by molar-refractivity contribution is 0.124. The lowest BCUT2D eigenvalue weighted by Crippen LogP contribution is -2.51. The highest BCUT2D eigenvalue weighted by Crippen LogP contribution is 2.38. The normalized spacial score (nSPS) is 24.2. The Morgan fingerprint density at radius 3 is 2.36 bits per heavy atom. The first kappa shape index (κ1) is 15.9. The van der Waals surface area contributed by atoms with Gasteiger partial charge >= 0.3 is 0 Å². The number of nitrogens with zero attached hydrogens (tertiary/aromatic N) is 2. The number of benzene rings is 1. The van der Waals surface area contributed by atoms with Crippen LogP contribution in [0.15, 0.2) is 12.1 Å². The second kappa shape index (κ2) is 5.92. The van der Waals surface area contributed by atoms with E-state index in [4.69, 9.17) is 5.14 Å². The van der Waals surface area contributed by atoms with Crippen molar-refractivity contribution in [3.63, 3.8) is 0 Å². The van der Waals surface area contributed by atoms with E-state index in [2.05, 4.69) is 30.9 Å². The number of hydrogen-bond acceptors (Lipinski definition) is 3. The Hall–Kier alpha value is -0.950. The molecule has 0 saturated carbocycles. The first-order valence-electron chi connectivity index (χ1n) is 7.99. The highest BCUT2D eigenvalue weighted by molar-refractivity contribution is 7.86. The van der Waals surface area contributed by atoms with E-state index in [1.165, 1.54) is 33.0 Å². The van der Waals surface area contributed by atoms with E-state index in [1.807, 2.05) is 0 Å². The largest absolute Gasteiger partial charge is 0.294 e. The average molecular weight is 323 g/mol. The van der Waals surface area contributed by atoms with Gasteiger partial charge in [0, 0.05) is 32.2 Å². The van der Waals surface area contributed by atoms with E-state index in [0.29, 0.717) is 19.1 Å². The molecule has 0 bridgehead atoms. The van der Waals surface area contributed by atoms with Crippen LogP contribution in [0.2, 0.25) is 0 Å². The lowest BCUT2D eigenvalue weighted by Gasteiger charge is -2.41. The molecule has 0 amide bonds. The monoisotopic (exact) mass is 323 g/mol. The fourth-order valence-corrected chi connectivity index (χ4v) is 4.61. The van der Waals surface area contributed by atoms with E-state index in [1.54, 1.807) is 0 Å². The topological polar surface area (TPSA) is 66.6 Å². The van der Waals surface area contributed by atoms with Gasteiger partial charge in [-0.1, -0.05) is 12.1 Å². The molecule has 2 N–H and O–H groups in total. The Balaban J connectivity index is 1.83. The minimum absolute atomic E-state index is 0.422. The summed E-state index contributed by atoms with van der Waals surface area (Å²) < 4.78 is 24.3. The second-order valence-corrected chi connectivity index (χ2v) is 8.03. The molecule has 0 radical (unpaired) electrons. The maximum absolute atomic E-state index is 11.5. The number of hydrogen-bond donors (Lipinski definition) is 1. The van der Waals surface area contributed by atoms with Gasteiger partial charge in [0.15, 0.2) is 0 Å². The quantitative estimate of drug-likeness (QED) is 0.897. The summed E-state index contributed by atoms with van der Waals surface area (Å²) in [6, 6.07) is 4.86. The molecule has 1 aliphatic heterocycles. The van der Waals surface area contributed by atoms with E-state index < -0.39 is 10.2 Å². The van der Waals surface area contributed by atoms with E-state index in [0.717, 1.165) is 25.9 Å². The van der Waals surface area contributed by atoms with Crippen molar-refractivity contribution in [3.8, 4) is 0 Å². The molecule has 1 aromatic rings. The van der Waals surface area contributed by atoms with Gasteiger partial charge in [0.25, 0.3) is 10.2 Å². The van der Waals surface area contributed by atoms with Crippen molar-refractivity contribution in [2.45, 2.75) is 39.2 Å². The summed E-state index contributed by atoms with van der Waals surface area (Å²) in [7, 11) is -3.55. The second-order valence-electron chi connectivity index (χ2n) is 6.48. The van der Waals surface area contributed by atoms with Gasteiger partial charge in [-0.15, -0.1) is 0 Å². The third-order valence-electron chi connectivity index (χ3n) is 5.12. The predicted molar refractivity (Wildman–Crippen MR) is 87.8 cm³/mol. The van der Waals surface area contributed by atoms with Crippen LogP contribution in [0.3, 0.4) is 0 Å². The highest BCUT2D eigenvalue weighted by Gasteiger charge is 2.32. The molecule has 1 aromatic carbocycles. The zero-order valence-electron chi connectivity index (χ0n) is 13.4. The van der Waals surface area contributed by atoms with Gasteiger partial charge in [-0.25, -0.2) is 5.14 Å². The van der Waals surface area contributed by atoms with Crippen LogP contribution in [0.1, 0.15) is 41.1 Å². The molecule has 22 heavy (non-hydrogen) atoms. The summed E-state index contributed by atoms with van der Waals surface area (Å²) in [4.78, 5) is 2.44. The molecule has 0 unspecified atom stereocenters. The number of aryl methyl sites for hydroxylation is 2. The number of rotatable bonds is 2. The number of nitrogens with two attached hydrogens (primary N) is 1. The van der Waals surface area contributed by atoms with E-state index in [-0.39, 0.29) is 0 Å². The molecular formula is C16H25N3O2S. The first-order chi connectivity index (χ1) is 10.4. The van der Waals surface area contributed by atoms with Crippen LogP contribution in [-0.2, 0) is 16.6 Å². The zero-order chi connectivity index (χ0) is 15.9. The van der Waals surface area contributed by atoms with Crippen molar-refractivity contribution in [1.82, 2.24) is 9.21 Å². The summed E-state index contributed by atoms with van der Waals surface area (Å²) >= 11 is 0. The third kappa shape index (κ3) is 2.93. The molecule has 2 aliphatic rings. The Morgan fingerprint density at radius 1 is 1.09 bits per heavy atom. The van der Waals surface area contributed by atoms with Gasteiger partial charge in [0.2, 0.25) is 0 Å². The van der Waals surface area contributed by atoms with E-state index in [9.17, 15) is 8.42 Å². The number of piperazine rings is 1. The van der Waals surface area contributed by atoms with Gasteiger partial charge in [-0.3, -0.25) is 4.90 Å². The maximum atomic E-state index is 11.5. The van der Waals surface area contributed by atoms with Crippen LogP contribution in [0, 0.1) is 13.8 Å². The Kier molecular flexibility index (Phi) is 4.29. The van der Waals surface area contributed by atoms with Crippen molar-refractivity contribution in [2.24, 2.45) is 5.14 Å². The molecule has 0 aromatic heterocycles. The van der Waals surface area contributed by atoms with E-state index >= 15 is 0 Å². The summed E-state index contributed by atoms with van der Waals surface area (Å²) in [6.45, 7) is 6.89. The minimum atomic E-state index is -3.55. The molecule has 1 heterocycles. The van der Waals surface area contributed by atoms with Crippen LogP contribution >= 0.6 is 0 Å². The molecular weight excluding hydrogens is 298 g/mol. The summed E-state index contributed by atoms with van der Waals surface area (Å²) in [5, 5.41) is 5.23. The third-order valence-corrected chi connectivity index (χ3v) is 6.21. The molecule has 0 spiro atoms. The first-order valence-corrected chi connectivity index (χ1v) is 9.49. The average Bonchev–Trinajstić information content (AvgIpc) is 2.50. The van der Waals surface area contributed by atoms with Gasteiger partial charge in [0.05, 0.1) is 0 Å². The summed E-state index contributed by atoms with van der Waals surface area (Å²) in [5.74, 6) is 0. The molecule has 122 valence electrons. The summed E-state index contributed by atoms with van der Waals surface area (Å²) in [6.07, 6.45) is 3.53. The fourth-order valence-electron chi connectivity index (χ4n) is 3.94. The van der Waals surface area contributed by atoms with Crippen LogP contribution in [0.4, 0.5) is 0 Å². The minimum Gasteiger partial charge on any atom is -0.294 e. The van der Waals surface area contributed by atoms with Gasteiger partial charge in [0.1, 0.15) is 0 Å². The standard InChI is InChI=1S/C16H25N3O2S/c1-12-6-7-13(2)16-14(12)4-3-5-15(16)18-8-10-19(11-9-18)22(17,20)21/h6-7,15H,3-5,8-11H2,1-2H3,(H2,17,20,21)/t15-/m0/s1. The number of fused-ring (bicyclic) bond motifs is 1. The van der Waals surface area contributed by atoms with Crippen molar-refractivity contribution >= 4 is 10.2 Å². The van der Waals surface area contributed by atoms with Crippen molar-refractivity contribution < 1.29 is 8.42 Å². The van der Waals surface area contributed by atoms with Crippen LogP contribution in [0.5, 0.6) is 0 Å². The van der Waals surface area contributed by atoms with Crippen molar-refractivity contribution in [1.29, 1.82) is 0 Å². The van der Waals surface area contributed by atoms with Crippen molar-refractivity contribution in [2.75, 3.05) is 26.2 Å².